The number of rotatable bonds is 1. The molecule has 0 bridgehead atoms. The summed E-state index contributed by atoms with van der Waals surface area (Å²) in [6.07, 6.45) is 5.15. The van der Waals surface area contributed by atoms with Crippen molar-refractivity contribution in [3.63, 3.8) is 0 Å². The molecule has 0 fully saturated rings. The summed E-state index contributed by atoms with van der Waals surface area (Å²) in [4.78, 5) is 0. The van der Waals surface area contributed by atoms with Crippen LogP contribution in [-0.4, -0.2) is 0 Å². The molecule has 5 heavy (non-hydrogen) atoms. The predicted octanol–water partition coefficient (Wildman–Crippen LogP) is 1.55. The third-order valence-electron chi connectivity index (χ3n) is 0.304. The molecule has 0 unspecified atom stereocenters. The first-order valence-electron chi connectivity index (χ1n) is 1.58. The van der Waals surface area contributed by atoms with Crippen molar-refractivity contribution in [1.82, 2.24) is 0 Å². The van der Waals surface area contributed by atoms with Crippen molar-refractivity contribution in [3.8, 4) is 0 Å². The summed E-state index contributed by atoms with van der Waals surface area (Å²) in [7, 11) is 0. The van der Waals surface area contributed by atoms with Gasteiger partial charge in [0.05, 0.1) is 6.08 Å². The zero-order valence-electron chi connectivity index (χ0n) is 3.31. The van der Waals surface area contributed by atoms with Gasteiger partial charge in [-0.25, -0.2) is 0 Å². The van der Waals surface area contributed by atoms with Gasteiger partial charge in [0, 0.05) is 6.58 Å². The highest BCUT2D eigenvalue weighted by Gasteiger charge is 1.55. The van der Waals surface area contributed by atoms with Crippen LogP contribution >= 0.6 is 0 Å². The monoisotopic (exact) mass is 67.1 g/mol. The van der Waals surface area contributed by atoms with Crippen LogP contribution in [0.25, 0.3) is 0 Å². The van der Waals surface area contributed by atoms with E-state index in [9.17, 15) is 0 Å². The first-order chi connectivity index (χ1) is 2.41. The van der Waals surface area contributed by atoms with E-state index in [-0.39, 0.29) is 0 Å². The summed E-state index contributed by atoms with van der Waals surface area (Å²) in [5.74, 6) is 0. The van der Waals surface area contributed by atoms with E-state index in [1.807, 2.05) is 13.0 Å². The lowest BCUT2D eigenvalue weighted by atomic mass is 10.5. The minimum Gasteiger partial charge on any atom is -0.0275 e. The van der Waals surface area contributed by atoms with E-state index in [0.717, 1.165) is 0 Å². The maximum Gasteiger partial charge on any atom is 0.151 e. The zero-order chi connectivity index (χ0) is 4.12. The first kappa shape index (κ1) is 4.39. The second-order valence-corrected chi connectivity index (χ2v) is 0.718. The van der Waals surface area contributed by atoms with Gasteiger partial charge in [0.2, 0.25) is 0 Å². The standard InChI is InChI=1S/C5H7/c1-3-5-4-2/h1,3-5H,2H3/q+1/b5-4+. The lowest BCUT2D eigenvalue weighted by Gasteiger charge is -1.43. The summed E-state index contributed by atoms with van der Waals surface area (Å²) in [6.45, 7) is 6.85. The van der Waals surface area contributed by atoms with Crippen LogP contribution in [0.2, 0.25) is 0 Å². The molecule has 0 heteroatoms. The highest BCUT2D eigenvalue weighted by molar-refractivity contribution is 4.92. The Morgan fingerprint density at radius 1 is 1.60 bits per heavy atom. The lowest BCUT2D eigenvalue weighted by Crippen LogP contribution is -1.34. The summed E-state index contributed by atoms with van der Waals surface area (Å²) < 4.78 is 0. The molecule has 0 aliphatic rings. The van der Waals surface area contributed by atoms with Crippen molar-refractivity contribution in [2.45, 2.75) is 6.92 Å². The molecule has 0 radical (unpaired) electrons. The first-order valence-corrected chi connectivity index (χ1v) is 1.58. The van der Waals surface area contributed by atoms with Gasteiger partial charge in [-0.3, -0.25) is 0 Å². The molecule has 0 aromatic heterocycles. The van der Waals surface area contributed by atoms with Gasteiger partial charge >= 0.3 is 0 Å². The average Bonchev–Trinajstić information content (AvgIpc) is 1.41. The quantitative estimate of drug-likeness (QED) is 0.322. The SMILES string of the molecule is [CH+]=C/C=C/C. The molecule has 0 saturated carbocycles. The van der Waals surface area contributed by atoms with Crippen molar-refractivity contribution >= 4 is 0 Å². The third kappa shape index (κ3) is 3.39. The Morgan fingerprint density at radius 3 is 2.20 bits per heavy atom. The van der Waals surface area contributed by atoms with Crippen molar-refractivity contribution in [2.24, 2.45) is 0 Å². The fourth-order valence-corrected chi connectivity index (χ4v) is 0.111. The molecule has 0 nitrogen and oxygen atoms in total. The molecule has 0 saturated heterocycles. The Kier molecular flexibility index (Phi) is 2.98. The Labute approximate surface area is 32.8 Å². The second-order valence-electron chi connectivity index (χ2n) is 0.718. The van der Waals surface area contributed by atoms with Crippen molar-refractivity contribution in [2.75, 3.05) is 0 Å². The molecule has 0 aromatic carbocycles. The van der Waals surface area contributed by atoms with E-state index in [0.29, 0.717) is 0 Å². The van der Waals surface area contributed by atoms with E-state index >= 15 is 0 Å². The van der Waals surface area contributed by atoms with Gasteiger partial charge in [0.15, 0.2) is 6.08 Å². The summed E-state index contributed by atoms with van der Waals surface area (Å²) >= 11 is 0. The van der Waals surface area contributed by atoms with Gasteiger partial charge < -0.3 is 0 Å². The van der Waals surface area contributed by atoms with Gasteiger partial charge in [0.25, 0.3) is 0 Å². The van der Waals surface area contributed by atoms with Gasteiger partial charge in [-0.05, 0) is 13.0 Å². The molecule has 0 spiro atoms. The Bertz CT molecular complexity index is 42.0. The largest absolute Gasteiger partial charge is 0.151 e. The zero-order valence-corrected chi connectivity index (χ0v) is 3.31. The maximum absolute atomic E-state index is 4.93. The average molecular weight is 67.1 g/mol. The normalized spacial score (nSPS) is 8.80. The van der Waals surface area contributed by atoms with Crippen LogP contribution in [0.1, 0.15) is 6.92 Å². The van der Waals surface area contributed by atoms with Gasteiger partial charge in [-0.15, -0.1) is 0 Å². The Balaban J connectivity index is 2.92. The van der Waals surface area contributed by atoms with Crippen LogP contribution in [0.4, 0.5) is 0 Å². The van der Waals surface area contributed by atoms with E-state index in [2.05, 4.69) is 0 Å². The van der Waals surface area contributed by atoms with Gasteiger partial charge in [-0.2, -0.15) is 0 Å². The van der Waals surface area contributed by atoms with Crippen LogP contribution in [0.15, 0.2) is 18.2 Å². The highest BCUT2D eigenvalue weighted by Crippen LogP contribution is 1.64. The predicted molar refractivity (Wildman–Crippen MR) is 23.7 cm³/mol. The minimum absolute atomic E-state index is 1.50. The molecule has 0 amide bonds. The third-order valence-corrected chi connectivity index (χ3v) is 0.304. The molecule has 0 N–H and O–H groups in total. The minimum atomic E-state index is 1.50. The van der Waals surface area contributed by atoms with Crippen LogP contribution in [-0.2, 0) is 0 Å². The maximum atomic E-state index is 4.93. The molecular weight excluding hydrogens is 60.1 g/mol. The van der Waals surface area contributed by atoms with E-state index in [4.69, 9.17) is 6.58 Å². The van der Waals surface area contributed by atoms with Gasteiger partial charge in [0.1, 0.15) is 0 Å². The highest BCUT2D eigenvalue weighted by atomic mass is 13.5. The van der Waals surface area contributed by atoms with Crippen molar-refractivity contribution < 1.29 is 0 Å². The Hall–Kier alpha value is -0.610. The molecule has 0 aliphatic heterocycles. The van der Waals surface area contributed by atoms with E-state index < -0.39 is 0 Å². The number of allylic oxidation sites excluding steroid dienone is 3. The number of hydrogen-bond donors (Lipinski definition) is 0. The summed E-state index contributed by atoms with van der Waals surface area (Å²) in [5.41, 5.74) is 0. The van der Waals surface area contributed by atoms with Gasteiger partial charge in [-0.1, -0.05) is 0 Å². The van der Waals surface area contributed by atoms with Crippen LogP contribution in [0, 0.1) is 6.58 Å². The fourth-order valence-electron chi connectivity index (χ4n) is 0.111. The van der Waals surface area contributed by atoms with Crippen LogP contribution in [0.3, 0.4) is 0 Å². The number of hydrogen-bond acceptors (Lipinski definition) is 0. The lowest BCUT2D eigenvalue weighted by molar-refractivity contribution is 1.74. The molecule has 0 atom stereocenters. The fraction of sp³-hybridized carbons (Fsp3) is 0.200. The van der Waals surface area contributed by atoms with Crippen molar-refractivity contribution in [3.05, 3.63) is 24.8 Å². The second kappa shape index (κ2) is 3.39. The molecule has 0 aromatic rings. The molecule has 0 rings (SSSR count). The van der Waals surface area contributed by atoms with Crippen molar-refractivity contribution in [1.29, 1.82) is 0 Å². The molecular formula is C5H7+. The van der Waals surface area contributed by atoms with Crippen LogP contribution < -0.4 is 0 Å². The molecule has 0 heterocycles. The summed E-state index contributed by atoms with van der Waals surface area (Å²) in [5, 5.41) is 0. The molecule has 26 valence electrons. The summed E-state index contributed by atoms with van der Waals surface area (Å²) in [6, 6.07) is 0. The molecule has 0 aliphatic carbocycles. The van der Waals surface area contributed by atoms with E-state index in [1.54, 1.807) is 6.08 Å². The topological polar surface area (TPSA) is 0 Å². The van der Waals surface area contributed by atoms with Crippen LogP contribution in [0.5, 0.6) is 0 Å². The van der Waals surface area contributed by atoms with E-state index in [1.165, 1.54) is 6.08 Å². The smallest absolute Gasteiger partial charge is 0.0275 e. The Morgan fingerprint density at radius 2 is 2.20 bits per heavy atom.